The van der Waals surface area contributed by atoms with Gasteiger partial charge in [-0.15, -0.1) is 0 Å². The Kier molecular flexibility index (Phi) is 5.28. The zero-order valence-electron chi connectivity index (χ0n) is 10.1. The molecule has 5 nitrogen and oxygen atoms in total. The lowest BCUT2D eigenvalue weighted by atomic mass is 10.2. The minimum absolute atomic E-state index is 0.195. The first kappa shape index (κ1) is 14.6. The van der Waals surface area contributed by atoms with E-state index < -0.39 is 16.1 Å². The fourth-order valence-corrected chi connectivity index (χ4v) is 2.95. The van der Waals surface area contributed by atoms with E-state index in [4.69, 9.17) is 10.4 Å². The molecule has 1 aromatic carbocycles. The third-order valence-corrected chi connectivity index (χ3v) is 3.88. The van der Waals surface area contributed by atoms with Gasteiger partial charge in [-0.3, -0.25) is 0 Å². The smallest absolute Gasteiger partial charge is 0.216 e. The number of sulfonamides is 1. The van der Waals surface area contributed by atoms with E-state index in [1.807, 2.05) is 6.07 Å². The second kappa shape index (κ2) is 6.50. The molecule has 0 bridgehead atoms. The Balaban J connectivity index is 2.79. The number of nitriles is 1. The predicted molar refractivity (Wildman–Crippen MR) is 68.1 cm³/mol. The molecular weight excluding hydrogens is 252 g/mol. The van der Waals surface area contributed by atoms with Crippen molar-refractivity contribution in [3.8, 4) is 6.07 Å². The Morgan fingerprint density at radius 2 is 2.22 bits per heavy atom. The summed E-state index contributed by atoms with van der Waals surface area (Å²) in [6, 6.07) is 7.95. The second-order valence-electron chi connectivity index (χ2n) is 3.98. The van der Waals surface area contributed by atoms with Crippen LogP contribution in [0.3, 0.4) is 0 Å². The summed E-state index contributed by atoms with van der Waals surface area (Å²) in [7, 11) is -3.50. The zero-order valence-corrected chi connectivity index (χ0v) is 10.9. The van der Waals surface area contributed by atoms with Crippen LogP contribution in [0.15, 0.2) is 24.3 Å². The van der Waals surface area contributed by atoms with Crippen molar-refractivity contribution in [1.29, 1.82) is 5.26 Å². The van der Waals surface area contributed by atoms with Crippen molar-refractivity contribution in [2.45, 2.75) is 25.1 Å². The van der Waals surface area contributed by atoms with Crippen LogP contribution in [0.25, 0.3) is 0 Å². The van der Waals surface area contributed by atoms with Gasteiger partial charge in [-0.05, 0) is 24.1 Å². The van der Waals surface area contributed by atoms with Crippen molar-refractivity contribution in [3.05, 3.63) is 35.4 Å². The van der Waals surface area contributed by atoms with Gasteiger partial charge in [-0.25, -0.2) is 13.1 Å². The van der Waals surface area contributed by atoms with E-state index in [2.05, 4.69) is 4.72 Å². The van der Waals surface area contributed by atoms with Gasteiger partial charge >= 0.3 is 0 Å². The molecule has 6 heteroatoms. The van der Waals surface area contributed by atoms with Crippen LogP contribution in [0.5, 0.6) is 0 Å². The molecule has 0 saturated carbocycles. The minimum Gasteiger partial charge on any atom is -0.395 e. The molecule has 1 aromatic rings. The Morgan fingerprint density at radius 1 is 1.50 bits per heavy atom. The first-order valence-electron chi connectivity index (χ1n) is 5.60. The fourth-order valence-electron chi connectivity index (χ4n) is 1.50. The summed E-state index contributed by atoms with van der Waals surface area (Å²) in [6.45, 7) is 1.56. The number of nitrogens with one attached hydrogen (secondary N) is 1. The molecule has 1 rings (SSSR count). The van der Waals surface area contributed by atoms with E-state index >= 15 is 0 Å². The third kappa shape index (κ3) is 4.45. The summed E-state index contributed by atoms with van der Waals surface area (Å²) in [5, 5.41) is 17.7. The Hall–Kier alpha value is -1.42. The van der Waals surface area contributed by atoms with Crippen LogP contribution >= 0.6 is 0 Å². The largest absolute Gasteiger partial charge is 0.395 e. The van der Waals surface area contributed by atoms with Gasteiger partial charge in [0, 0.05) is 6.04 Å². The Labute approximate surface area is 107 Å². The van der Waals surface area contributed by atoms with Gasteiger partial charge in [0.1, 0.15) is 0 Å². The van der Waals surface area contributed by atoms with Crippen molar-refractivity contribution in [2.75, 3.05) is 6.61 Å². The summed E-state index contributed by atoms with van der Waals surface area (Å²) in [4.78, 5) is 0. The van der Waals surface area contributed by atoms with E-state index in [1.165, 1.54) is 0 Å². The van der Waals surface area contributed by atoms with Crippen LogP contribution < -0.4 is 4.72 Å². The van der Waals surface area contributed by atoms with Gasteiger partial charge in [-0.2, -0.15) is 5.26 Å². The van der Waals surface area contributed by atoms with Gasteiger partial charge in [-0.1, -0.05) is 19.1 Å². The molecule has 0 radical (unpaired) electrons. The maximum absolute atomic E-state index is 11.8. The molecule has 1 atom stereocenters. The fraction of sp³-hybridized carbons (Fsp3) is 0.417. The Bertz CT molecular complexity index is 530. The quantitative estimate of drug-likeness (QED) is 0.796. The topological polar surface area (TPSA) is 90.2 Å². The molecule has 0 aromatic heterocycles. The number of hydrogen-bond donors (Lipinski definition) is 2. The summed E-state index contributed by atoms with van der Waals surface area (Å²) in [5.74, 6) is -0.195. The molecule has 0 unspecified atom stereocenters. The average molecular weight is 268 g/mol. The molecule has 98 valence electrons. The number of aliphatic hydroxyl groups excluding tert-OH is 1. The molecule has 2 N–H and O–H groups in total. The molecule has 0 aliphatic heterocycles. The van der Waals surface area contributed by atoms with Crippen LogP contribution in [-0.2, 0) is 15.8 Å². The molecule has 0 fully saturated rings. The minimum atomic E-state index is -3.50. The monoisotopic (exact) mass is 268 g/mol. The van der Waals surface area contributed by atoms with E-state index in [0.29, 0.717) is 17.5 Å². The molecule has 18 heavy (non-hydrogen) atoms. The molecule has 0 aliphatic carbocycles. The number of hydrogen-bond acceptors (Lipinski definition) is 4. The van der Waals surface area contributed by atoms with Crippen molar-refractivity contribution < 1.29 is 13.5 Å². The van der Waals surface area contributed by atoms with Gasteiger partial charge < -0.3 is 5.11 Å². The average Bonchev–Trinajstić information content (AvgIpc) is 2.35. The van der Waals surface area contributed by atoms with Crippen LogP contribution in [-0.4, -0.2) is 26.2 Å². The lowest BCUT2D eigenvalue weighted by Gasteiger charge is -2.14. The third-order valence-electron chi connectivity index (χ3n) is 2.47. The summed E-state index contributed by atoms with van der Waals surface area (Å²) in [6.07, 6.45) is 0.522. The van der Waals surface area contributed by atoms with Gasteiger partial charge in [0.25, 0.3) is 0 Å². The SMILES string of the molecule is CC[C@@H](CO)NS(=O)(=O)Cc1cccc(C#N)c1. The lowest BCUT2D eigenvalue weighted by molar-refractivity contribution is 0.254. The van der Waals surface area contributed by atoms with E-state index in [1.54, 1.807) is 31.2 Å². The highest BCUT2D eigenvalue weighted by Crippen LogP contribution is 2.08. The van der Waals surface area contributed by atoms with Crippen LogP contribution in [0.4, 0.5) is 0 Å². The molecule has 0 amide bonds. The summed E-state index contributed by atoms with van der Waals surface area (Å²) >= 11 is 0. The van der Waals surface area contributed by atoms with Gasteiger partial charge in [0.05, 0.1) is 24.0 Å². The number of benzene rings is 1. The van der Waals surface area contributed by atoms with E-state index in [9.17, 15) is 8.42 Å². The molecular formula is C12H16N2O3S. The highest BCUT2D eigenvalue weighted by atomic mass is 32.2. The predicted octanol–water partition coefficient (Wildman–Crippen LogP) is 0.749. The summed E-state index contributed by atoms with van der Waals surface area (Å²) < 4.78 is 26.1. The molecule has 0 aliphatic rings. The molecule has 0 spiro atoms. The second-order valence-corrected chi connectivity index (χ2v) is 5.73. The maximum atomic E-state index is 11.8. The van der Waals surface area contributed by atoms with Crippen LogP contribution in [0, 0.1) is 11.3 Å². The number of aliphatic hydroxyl groups is 1. The van der Waals surface area contributed by atoms with Crippen molar-refractivity contribution in [1.82, 2.24) is 4.72 Å². The first-order chi connectivity index (χ1) is 8.50. The lowest BCUT2D eigenvalue weighted by Crippen LogP contribution is -2.37. The normalized spacial score (nSPS) is 12.9. The number of rotatable bonds is 6. The standard InChI is InChI=1S/C12H16N2O3S/c1-2-12(8-15)14-18(16,17)9-11-5-3-4-10(6-11)7-13/h3-6,12,14-15H,2,8-9H2,1H3/t12-/m0/s1. The molecule has 0 heterocycles. The summed E-state index contributed by atoms with van der Waals surface area (Å²) in [5.41, 5.74) is 0.978. The highest BCUT2D eigenvalue weighted by Gasteiger charge is 2.16. The Morgan fingerprint density at radius 3 is 2.78 bits per heavy atom. The van der Waals surface area contributed by atoms with Crippen molar-refractivity contribution >= 4 is 10.0 Å². The van der Waals surface area contributed by atoms with Crippen LogP contribution in [0.1, 0.15) is 24.5 Å². The molecule has 0 saturated heterocycles. The zero-order chi connectivity index (χ0) is 13.6. The van der Waals surface area contributed by atoms with Crippen molar-refractivity contribution in [3.63, 3.8) is 0 Å². The van der Waals surface area contributed by atoms with Gasteiger partial charge in [0.15, 0.2) is 0 Å². The maximum Gasteiger partial charge on any atom is 0.216 e. The van der Waals surface area contributed by atoms with E-state index in [0.717, 1.165) is 0 Å². The van der Waals surface area contributed by atoms with Crippen molar-refractivity contribution in [2.24, 2.45) is 0 Å². The van der Waals surface area contributed by atoms with Gasteiger partial charge in [0.2, 0.25) is 10.0 Å². The first-order valence-corrected chi connectivity index (χ1v) is 7.26. The van der Waals surface area contributed by atoms with Crippen LogP contribution in [0.2, 0.25) is 0 Å². The van der Waals surface area contributed by atoms with E-state index in [-0.39, 0.29) is 12.4 Å². The highest BCUT2D eigenvalue weighted by molar-refractivity contribution is 7.88. The number of nitrogens with zero attached hydrogens (tertiary/aromatic N) is 1.